The molecule has 6 heteroatoms. The number of esters is 1. The molecule has 0 aliphatic heterocycles. The summed E-state index contributed by atoms with van der Waals surface area (Å²) >= 11 is 0. The van der Waals surface area contributed by atoms with Gasteiger partial charge in [0.05, 0.1) is 19.6 Å². The minimum absolute atomic E-state index is 0.194. The molecule has 0 saturated carbocycles. The highest BCUT2D eigenvalue weighted by Gasteiger charge is 2.17. The van der Waals surface area contributed by atoms with E-state index in [0.717, 1.165) is 5.56 Å². The van der Waals surface area contributed by atoms with Crippen molar-refractivity contribution in [2.45, 2.75) is 13.5 Å². The molecule has 1 unspecified atom stereocenters. The van der Waals surface area contributed by atoms with E-state index in [1.165, 1.54) is 7.11 Å². The first kappa shape index (κ1) is 15.2. The van der Waals surface area contributed by atoms with Crippen molar-refractivity contribution in [1.82, 2.24) is 15.0 Å². The lowest BCUT2D eigenvalue weighted by Crippen LogP contribution is -2.29. The third-order valence-electron chi connectivity index (χ3n) is 3.09. The zero-order valence-electron chi connectivity index (χ0n) is 12.4. The summed E-state index contributed by atoms with van der Waals surface area (Å²) in [5.74, 6) is 0.675. The highest BCUT2D eigenvalue weighted by atomic mass is 16.5. The Kier molecular flexibility index (Phi) is 5.05. The number of rotatable bonds is 6. The van der Waals surface area contributed by atoms with Crippen molar-refractivity contribution in [3.63, 3.8) is 0 Å². The van der Waals surface area contributed by atoms with Gasteiger partial charge in [0, 0.05) is 12.1 Å². The van der Waals surface area contributed by atoms with Gasteiger partial charge in [0.25, 0.3) is 5.89 Å². The van der Waals surface area contributed by atoms with Crippen molar-refractivity contribution in [2.24, 2.45) is 5.92 Å². The van der Waals surface area contributed by atoms with Crippen LogP contribution in [-0.2, 0) is 16.1 Å². The Hall–Kier alpha value is -2.21. The molecule has 112 valence electrons. The standard InChI is InChI=1S/C15H19N3O3/c1-11(15(19)20-3)9-18(2)10-13-16-14(21-17-13)12-7-5-4-6-8-12/h4-8,11H,9-10H2,1-3H3. The molecule has 2 rings (SSSR count). The number of hydrogen-bond acceptors (Lipinski definition) is 6. The number of methoxy groups -OCH3 is 1. The molecule has 0 amide bonds. The molecule has 0 radical (unpaired) electrons. The fraction of sp³-hybridized carbons (Fsp3) is 0.400. The van der Waals surface area contributed by atoms with Crippen LogP contribution in [0.25, 0.3) is 11.5 Å². The predicted molar refractivity (Wildman–Crippen MR) is 77.2 cm³/mol. The third-order valence-corrected chi connectivity index (χ3v) is 3.09. The first-order valence-electron chi connectivity index (χ1n) is 6.74. The van der Waals surface area contributed by atoms with E-state index in [-0.39, 0.29) is 11.9 Å². The first-order chi connectivity index (χ1) is 10.1. The Morgan fingerprint density at radius 2 is 2.10 bits per heavy atom. The van der Waals surface area contributed by atoms with Gasteiger partial charge in [-0.1, -0.05) is 30.3 Å². The van der Waals surface area contributed by atoms with Gasteiger partial charge in [-0.3, -0.25) is 9.69 Å². The van der Waals surface area contributed by atoms with Crippen molar-refractivity contribution < 1.29 is 14.1 Å². The van der Waals surface area contributed by atoms with Gasteiger partial charge in [-0.05, 0) is 19.2 Å². The molecule has 0 saturated heterocycles. The topological polar surface area (TPSA) is 68.5 Å². The normalized spacial score (nSPS) is 12.4. The van der Waals surface area contributed by atoms with E-state index < -0.39 is 0 Å². The van der Waals surface area contributed by atoms with Crippen molar-refractivity contribution in [1.29, 1.82) is 0 Å². The van der Waals surface area contributed by atoms with Crippen molar-refractivity contribution in [3.8, 4) is 11.5 Å². The van der Waals surface area contributed by atoms with Gasteiger partial charge in [0.1, 0.15) is 0 Å². The van der Waals surface area contributed by atoms with Crippen molar-refractivity contribution >= 4 is 5.97 Å². The smallest absolute Gasteiger partial charge is 0.309 e. The molecule has 1 aromatic carbocycles. The molecular weight excluding hydrogens is 270 g/mol. The lowest BCUT2D eigenvalue weighted by Gasteiger charge is -2.17. The van der Waals surface area contributed by atoms with Crippen LogP contribution in [0.5, 0.6) is 0 Å². The second kappa shape index (κ2) is 6.99. The zero-order chi connectivity index (χ0) is 15.2. The molecule has 0 fully saturated rings. The summed E-state index contributed by atoms with van der Waals surface area (Å²) in [6.45, 7) is 2.91. The fourth-order valence-electron chi connectivity index (χ4n) is 2.07. The number of hydrogen-bond donors (Lipinski definition) is 0. The van der Waals surface area contributed by atoms with Crippen LogP contribution in [0.1, 0.15) is 12.7 Å². The van der Waals surface area contributed by atoms with Crippen LogP contribution >= 0.6 is 0 Å². The Balaban J connectivity index is 1.95. The minimum atomic E-state index is -0.222. The van der Waals surface area contributed by atoms with Crippen molar-refractivity contribution in [2.75, 3.05) is 20.7 Å². The van der Waals surface area contributed by atoms with Crippen LogP contribution in [-0.4, -0.2) is 41.7 Å². The van der Waals surface area contributed by atoms with Crippen LogP contribution in [0.4, 0.5) is 0 Å². The molecular formula is C15H19N3O3. The van der Waals surface area contributed by atoms with Gasteiger partial charge in [-0.25, -0.2) is 0 Å². The molecule has 0 aliphatic carbocycles. The summed E-state index contributed by atoms with van der Waals surface area (Å²) in [5.41, 5.74) is 0.891. The van der Waals surface area contributed by atoms with E-state index in [4.69, 9.17) is 9.26 Å². The molecule has 21 heavy (non-hydrogen) atoms. The average Bonchev–Trinajstić information content (AvgIpc) is 2.95. The van der Waals surface area contributed by atoms with E-state index in [1.807, 2.05) is 49.2 Å². The molecule has 0 bridgehead atoms. The Morgan fingerprint density at radius 1 is 1.38 bits per heavy atom. The summed E-state index contributed by atoms with van der Waals surface area (Å²) in [5, 5.41) is 3.96. The van der Waals surface area contributed by atoms with E-state index >= 15 is 0 Å². The SMILES string of the molecule is COC(=O)C(C)CN(C)Cc1noc(-c2ccccc2)n1. The van der Waals surface area contributed by atoms with Crippen molar-refractivity contribution in [3.05, 3.63) is 36.2 Å². The zero-order valence-corrected chi connectivity index (χ0v) is 12.4. The number of carbonyl (C=O) groups excluding carboxylic acids is 1. The number of aromatic nitrogens is 2. The quantitative estimate of drug-likeness (QED) is 0.757. The third kappa shape index (κ3) is 4.13. The monoisotopic (exact) mass is 289 g/mol. The maximum atomic E-state index is 11.4. The molecule has 0 aliphatic rings. The van der Waals surface area contributed by atoms with E-state index in [0.29, 0.717) is 24.8 Å². The Morgan fingerprint density at radius 3 is 2.76 bits per heavy atom. The number of carbonyl (C=O) groups is 1. The lowest BCUT2D eigenvalue weighted by atomic mass is 10.2. The van der Waals surface area contributed by atoms with Crippen LogP contribution in [0.2, 0.25) is 0 Å². The molecule has 1 aromatic heterocycles. The lowest BCUT2D eigenvalue weighted by molar-refractivity contribution is -0.145. The Labute approximate surface area is 123 Å². The number of nitrogens with zero attached hydrogens (tertiary/aromatic N) is 3. The van der Waals surface area contributed by atoms with Crippen LogP contribution in [0.15, 0.2) is 34.9 Å². The molecule has 1 heterocycles. The van der Waals surface area contributed by atoms with Crippen LogP contribution in [0.3, 0.4) is 0 Å². The summed E-state index contributed by atoms with van der Waals surface area (Å²) in [6, 6.07) is 9.61. The molecule has 0 spiro atoms. The second-order valence-electron chi connectivity index (χ2n) is 5.00. The van der Waals surface area contributed by atoms with Crippen LogP contribution in [0, 0.1) is 5.92 Å². The maximum Gasteiger partial charge on any atom is 0.309 e. The van der Waals surface area contributed by atoms with Gasteiger partial charge < -0.3 is 9.26 Å². The van der Waals surface area contributed by atoms with E-state index in [9.17, 15) is 4.79 Å². The highest BCUT2D eigenvalue weighted by molar-refractivity contribution is 5.72. The predicted octanol–water partition coefficient (Wildman–Crippen LogP) is 1.98. The first-order valence-corrected chi connectivity index (χ1v) is 6.74. The second-order valence-corrected chi connectivity index (χ2v) is 5.00. The molecule has 1 atom stereocenters. The van der Waals surface area contributed by atoms with Gasteiger partial charge in [0.2, 0.25) is 0 Å². The highest BCUT2D eigenvalue weighted by Crippen LogP contribution is 2.16. The summed E-state index contributed by atoms with van der Waals surface area (Å²) in [4.78, 5) is 17.7. The largest absolute Gasteiger partial charge is 0.469 e. The summed E-state index contributed by atoms with van der Waals surface area (Å²) in [6.07, 6.45) is 0. The van der Waals surface area contributed by atoms with Gasteiger partial charge >= 0.3 is 5.97 Å². The Bertz CT molecular complexity index is 583. The summed E-state index contributed by atoms with van der Waals surface area (Å²) < 4.78 is 9.96. The van der Waals surface area contributed by atoms with Gasteiger partial charge in [0.15, 0.2) is 5.82 Å². The van der Waals surface area contributed by atoms with Gasteiger partial charge in [-0.2, -0.15) is 4.98 Å². The molecule has 6 nitrogen and oxygen atoms in total. The molecule has 0 N–H and O–H groups in total. The minimum Gasteiger partial charge on any atom is -0.469 e. The van der Waals surface area contributed by atoms with Crippen LogP contribution < -0.4 is 0 Å². The fourth-order valence-corrected chi connectivity index (χ4v) is 2.07. The maximum absolute atomic E-state index is 11.4. The molecule has 2 aromatic rings. The summed E-state index contributed by atoms with van der Waals surface area (Å²) in [7, 11) is 3.29. The van der Waals surface area contributed by atoms with E-state index in [2.05, 4.69) is 10.1 Å². The number of ether oxygens (including phenoxy) is 1. The number of benzene rings is 1. The van der Waals surface area contributed by atoms with E-state index in [1.54, 1.807) is 0 Å². The van der Waals surface area contributed by atoms with Gasteiger partial charge in [-0.15, -0.1) is 0 Å². The average molecular weight is 289 g/mol.